The van der Waals surface area contributed by atoms with Crippen molar-refractivity contribution < 1.29 is 13.2 Å². The number of nitrogens with one attached hydrogen (secondary N) is 2. The molecule has 1 amide bonds. The van der Waals surface area contributed by atoms with Crippen molar-refractivity contribution in [2.45, 2.75) is 19.4 Å². The fourth-order valence-corrected chi connectivity index (χ4v) is 3.08. The van der Waals surface area contributed by atoms with Gasteiger partial charge in [0.05, 0.1) is 12.3 Å². The normalized spacial score (nSPS) is 12.6. The smallest absolute Gasteiger partial charge is 0.226 e. The van der Waals surface area contributed by atoms with Gasteiger partial charge in [0.1, 0.15) is 0 Å². The van der Waals surface area contributed by atoms with E-state index < -0.39 is 16.1 Å². The van der Waals surface area contributed by atoms with E-state index >= 15 is 0 Å². The first kappa shape index (κ1) is 18.4. The predicted molar refractivity (Wildman–Crippen MR) is 96.6 cm³/mol. The second-order valence-electron chi connectivity index (χ2n) is 5.61. The van der Waals surface area contributed by atoms with Gasteiger partial charge in [0.15, 0.2) is 0 Å². The Kier molecular flexibility index (Phi) is 5.99. The first-order chi connectivity index (χ1) is 11.2. The average Bonchev–Trinajstić information content (AvgIpc) is 2.48. The monoisotopic (exact) mass is 366 g/mol. The van der Waals surface area contributed by atoms with E-state index in [0.717, 1.165) is 11.8 Å². The van der Waals surface area contributed by atoms with E-state index in [1.54, 1.807) is 36.4 Å². The van der Waals surface area contributed by atoms with Gasteiger partial charge in [0.2, 0.25) is 15.9 Å². The molecular weight excluding hydrogens is 348 g/mol. The van der Waals surface area contributed by atoms with Gasteiger partial charge in [-0.05, 0) is 36.8 Å². The molecule has 0 saturated carbocycles. The molecular formula is C17H19ClN2O3S. The zero-order valence-electron chi connectivity index (χ0n) is 13.4. The van der Waals surface area contributed by atoms with Crippen LogP contribution in [-0.4, -0.2) is 20.6 Å². The van der Waals surface area contributed by atoms with Crippen LogP contribution in [0, 0.1) is 6.92 Å². The number of carbonyl (C=O) groups excluding carboxylic acids is 1. The van der Waals surface area contributed by atoms with Gasteiger partial charge in [-0.3, -0.25) is 4.79 Å². The van der Waals surface area contributed by atoms with E-state index in [0.29, 0.717) is 16.3 Å². The summed E-state index contributed by atoms with van der Waals surface area (Å²) in [4.78, 5) is 12.3. The maximum atomic E-state index is 12.3. The molecule has 0 aliphatic rings. The fraction of sp³-hybridized carbons (Fsp3) is 0.235. The van der Waals surface area contributed by atoms with Crippen LogP contribution >= 0.6 is 11.6 Å². The zero-order valence-corrected chi connectivity index (χ0v) is 15.0. The highest BCUT2D eigenvalue weighted by molar-refractivity contribution is 7.88. The number of aryl methyl sites for hydroxylation is 1. The largest absolute Gasteiger partial charge is 0.326 e. The number of hydrogen-bond donors (Lipinski definition) is 2. The second kappa shape index (κ2) is 7.79. The molecule has 1 atom stereocenters. The van der Waals surface area contributed by atoms with Crippen molar-refractivity contribution in [3.63, 3.8) is 0 Å². The number of hydrogen-bond acceptors (Lipinski definition) is 3. The van der Waals surface area contributed by atoms with Crippen LogP contribution in [0.15, 0.2) is 48.5 Å². The van der Waals surface area contributed by atoms with Gasteiger partial charge in [-0.2, -0.15) is 0 Å². The van der Waals surface area contributed by atoms with Crippen molar-refractivity contribution >= 4 is 33.2 Å². The molecule has 0 fully saturated rings. The maximum Gasteiger partial charge on any atom is 0.226 e. The molecule has 0 saturated heterocycles. The highest BCUT2D eigenvalue weighted by atomic mass is 35.5. The number of halogens is 1. The molecule has 128 valence electrons. The van der Waals surface area contributed by atoms with E-state index in [-0.39, 0.29) is 12.3 Å². The predicted octanol–water partition coefficient (Wildman–Crippen LogP) is 3.27. The standard InChI is InChI=1S/C17H19ClN2O3S/c1-12-3-9-15(10-4-12)19-17(21)11-16(20-24(2,22)23)13-5-7-14(18)8-6-13/h3-10,16,20H,11H2,1-2H3,(H,19,21)/t16-/m1/s1. The molecule has 5 nitrogen and oxygen atoms in total. The molecule has 2 N–H and O–H groups in total. The van der Waals surface area contributed by atoms with Crippen LogP contribution in [0.25, 0.3) is 0 Å². The Balaban J connectivity index is 2.13. The number of amides is 1. The van der Waals surface area contributed by atoms with E-state index in [1.165, 1.54) is 0 Å². The minimum Gasteiger partial charge on any atom is -0.326 e. The number of sulfonamides is 1. The summed E-state index contributed by atoms with van der Waals surface area (Å²) in [6.45, 7) is 1.96. The quantitative estimate of drug-likeness (QED) is 0.823. The van der Waals surface area contributed by atoms with Gasteiger partial charge in [0.25, 0.3) is 0 Å². The van der Waals surface area contributed by atoms with Crippen LogP contribution in [0.5, 0.6) is 0 Å². The molecule has 2 aromatic rings. The molecule has 7 heteroatoms. The maximum absolute atomic E-state index is 12.3. The van der Waals surface area contributed by atoms with Gasteiger partial charge in [-0.25, -0.2) is 13.1 Å². The minimum absolute atomic E-state index is 0.0252. The topological polar surface area (TPSA) is 75.3 Å². The highest BCUT2D eigenvalue weighted by Gasteiger charge is 2.20. The van der Waals surface area contributed by atoms with Crippen LogP contribution in [-0.2, 0) is 14.8 Å². The highest BCUT2D eigenvalue weighted by Crippen LogP contribution is 2.21. The van der Waals surface area contributed by atoms with Gasteiger partial charge in [0, 0.05) is 17.1 Å². The van der Waals surface area contributed by atoms with Crippen LogP contribution < -0.4 is 10.0 Å². The fourth-order valence-electron chi connectivity index (χ4n) is 2.22. The van der Waals surface area contributed by atoms with Gasteiger partial charge >= 0.3 is 0 Å². The third-order valence-corrected chi connectivity index (χ3v) is 4.32. The summed E-state index contributed by atoms with van der Waals surface area (Å²) < 4.78 is 25.7. The molecule has 0 heterocycles. The zero-order chi connectivity index (χ0) is 17.7. The Morgan fingerprint density at radius 2 is 1.67 bits per heavy atom. The van der Waals surface area contributed by atoms with Crippen molar-refractivity contribution in [1.82, 2.24) is 4.72 Å². The Morgan fingerprint density at radius 1 is 1.08 bits per heavy atom. The summed E-state index contributed by atoms with van der Waals surface area (Å²) in [5.41, 5.74) is 2.43. The molecule has 2 rings (SSSR count). The Morgan fingerprint density at radius 3 is 2.21 bits per heavy atom. The molecule has 0 aromatic heterocycles. The average molecular weight is 367 g/mol. The number of benzene rings is 2. The molecule has 0 unspecified atom stereocenters. The lowest BCUT2D eigenvalue weighted by atomic mass is 10.0. The number of anilines is 1. The van der Waals surface area contributed by atoms with Gasteiger partial charge in [-0.15, -0.1) is 0 Å². The number of rotatable bonds is 6. The SMILES string of the molecule is Cc1ccc(NC(=O)C[C@@H](NS(C)(=O)=O)c2ccc(Cl)cc2)cc1. The minimum atomic E-state index is -3.47. The van der Waals surface area contributed by atoms with E-state index in [1.807, 2.05) is 19.1 Å². The summed E-state index contributed by atoms with van der Waals surface area (Å²) >= 11 is 5.86. The first-order valence-corrected chi connectivity index (χ1v) is 9.59. The summed E-state index contributed by atoms with van der Waals surface area (Å²) in [5, 5.41) is 3.31. The molecule has 2 aromatic carbocycles. The van der Waals surface area contributed by atoms with Gasteiger partial charge in [-0.1, -0.05) is 41.4 Å². The molecule has 0 aliphatic heterocycles. The molecule has 0 bridgehead atoms. The third kappa shape index (κ3) is 5.96. The summed E-state index contributed by atoms with van der Waals surface area (Å²) in [6, 6.07) is 13.4. The Hall–Kier alpha value is -1.89. The molecule has 24 heavy (non-hydrogen) atoms. The van der Waals surface area contributed by atoms with E-state index in [9.17, 15) is 13.2 Å². The molecule has 0 aliphatic carbocycles. The lowest BCUT2D eigenvalue weighted by Gasteiger charge is -2.18. The van der Waals surface area contributed by atoms with Crippen molar-refractivity contribution in [3.8, 4) is 0 Å². The Labute approximate surface area is 147 Å². The van der Waals surface area contributed by atoms with Crippen molar-refractivity contribution in [3.05, 3.63) is 64.7 Å². The second-order valence-corrected chi connectivity index (χ2v) is 7.83. The number of carbonyl (C=O) groups is 1. The summed E-state index contributed by atoms with van der Waals surface area (Å²) in [7, 11) is -3.47. The molecule has 0 spiro atoms. The van der Waals surface area contributed by atoms with Crippen molar-refractivity contribution in [2.75, 3.05) is 11.6 Å². The molecule has 0 radical (unpaired) electrons. The van der Waals surface area contributed by atoms with Crippen LogP contribution in [0.1, 0.15) is 23.6 Å². The summed E-state index contributed by atoms with van der Waals surface area (Å²) in [5.74, 6) is -0.282. The first-order valence-electron chi connectivity index (χ1n) is 7.32. The lowest BCUT2D eigenvalue weighted by molar-refractivity contribution is -0.116. The van der Waals surface area contributed by atoms with E-state index in [4.69, 9.17) is 11.6 Å². The van der Waals surface area contributed by atoms with Crippen LogP contribution in [0.4, 0.5) is 5.69 Å². The summed E-state index contributed by atoms with van der Waals surface area (Å²) in [6.07, 6.45) is 1.04. The lowest BCUT2D eigenvalue weighted by Crippen LogP contribution is -2.30. The van der Waals surface area contributed by atoms with Gasteiger partial charge < -0.3 is 5.32 Å². The van der Waals surface area contributed by atoms with Crippen LogP contribution in [0.2, 0.25) is 5.02 Å². The van der Waals surface area contributed by atoms with Crippen molar-refractivity contribution in [1.29, 1.82) is 0 Å². The van der Waals surface area contributed by atoms with Crippen molar-refractivity contribution in [2.24, 2.45) is 0 Å². The third-order valence-electron chi connectivity index (χ3n) is 3.35. The Bertz CT molecular complexity index is 803. The van der Waals surface area contributed by atoms with E-state index in [2.05, 4.69) is 10.0 Å². The van der Waals surface area contributed by atoms with Crippen LogP contribution in [0.3, 0.4) is 0 Å².